The lowest BCUT2D eigenvalue weighted by molar-refractivity contribution is 0.431. The molecule has 0 spiro atoms. The van der Waals surface area contributed by atoms with Crippen LogP contribution in [0.2, 0.25) is 0 Å². The molecule has 2 aromatic carbocycles. The Kier molecular flexibility index (Phi) is 3.43. The summed E-state index contributed by atoms with van der Waals surface area (Å²) in [6, 6.07) is 18.1. The molecule has 0 bridgehead atoms. The second-order valence-electron chi connectivity index (χ2n) is 6.03. The van der Waals surface area contributed by atoms with Gasteiger partial charge < -0.3 is 9.51 Å². The molecule has 0 aliphatic heterocycles. The molecule has 0 saturated carbocycles. The lowest BCUT2D eigenvalue weighted by atomic mass is 10.1. The van der Waals surface area contributed by atoms with Crippen molar-refractivity contribution in [2.45, 2.75) is 6.92 Å². The van der Waals surface area contributed by atoms with Crippen molar-refractivity contribution in [1.29, 1.82) is 0 Å². The van der Waals surface area contributed by atoms with Gasteiger partial charge in [0.2, 0.25) is 5.82 Å². The third-order valence-electron chi connectivity index (χ3n) is 4.22. The summed E-state index contributed by atoms with van der Waals surface area (Å²) in [4.78, 5) is 12.4. The Morgan fingerprint density at radius 1 is 0.962 bits per heavy atom. The van der Waals surface area contributed by atoms with Gasteiger partial charge in [-0.15, -0.1) is 11.3 Å². The van der Waals surface area contributed by atoms with E-state index in [2.05, 4.69) is 25.5 Å². The highest BCUT2D eigenvalue weighted by molar-refractivity contribution is 7.09. The van der Waals surface area contributed by atoms with Crippen LogP contribution in [-0.2, 0) is 0 Å². The first-order valence-corrected chi connectivity index (χ1v) is 9.09. The Morgan fingerprint density at radius 3 is 2.69 bits per heavy atom. The van der Waals surface area contributed by atoms with Crippen molar-refractivity contribution in [2.75, 3.05) is 0 Å². The fraction of sp³-hybridized carbons (Fsp3) is 0.0500. The summed E-state index contributed by atoms with van der Waals surface area (Å²) in [5.41, 5.74) is 4.77. The minimum Gasteiger partial charge on any atom is -0.351 e. The molecule has 3 heterocycles. The number of H-pyrrole nitrogens is 1. The van der Waals surface area contributed by atoms with Crippen molar-refractivity contribution in [3.8, 4) is 34.2 Å². The smallest absolute Gasteiger partial charge is 0.274 e. The second-order valence-corrected chi connectivity index (χ2v) is 7.09. The first-order chi connectivity index (χ1) is 12.8. The van der Waals surface area contributed by atoms with Gasteiger partial charge in [-0.3, -0.25) is 0 Å². The van der Waals surface area contributed by atoms with Gasteiger partial charge in [0.15, 0.2) is 0 Å². The number of hydrogen-bond acceptors (Lipinski definition) is 5. The Balaban J connectivity index is 1.52. The zero-order valence-corrected chi connectivity index (χ0v) is 14.7. The van der Waals surface area contributed by atoms with Crippen LogP contribution in [0.15, 0.2) is 64.5 Å². The third-order valence-corrected chi connectivity index (χ3v) is 5.00. The summed E-state index contributed by atoms with van der Waals surface area (Å²) in [5.74, 6) is 1.04. The van der Waals surface area contributed by atoms with Gasteiger partial charge in [-0.05, 0) is 25.1 Å². The van der Waals surface area contributed by atoms with Crippen LogP contribution in [0.25, 0.3) is 45.1 Å². The second kappa shape index (κ2) is 5.93. The molecule has 0 aliphatic rings. The number of aryl methyl sites for hydroxylation is 1. The van der Waals surface area contributed by atoms with Crippen molar-refractivity contribution >= 4 is 22.2 Å². The lowest BCUT2D eigenvalue weighted by Gasteiger charge is -1.99. The first kappa shape index (κ1) is 15.0. The van der Waals surface area contributed by atoms with Gasteiger partial charge in [0, 0.05) is 27.4 Å². The number of para-hydroxylation sites is 1. The molecule has 26 heavy (non-hydrogen) atoms. The van der Waals surface area contributed by atoms with E-state index in [4.69, 9.17) is 4.52 Å². The monoisotopic (exact) mass is 358 g/mol. The maximum atomic E-state index is 5.48. The molecule has 0 aliphatic carbocycles. The van der Waals surface area contributed by atoms with Crippen LogP contribution in [0, 0.1) is 6.92 Å². The van der Waals surface area contributed by atoms with Crippen LogP contribution in [0.1, 0.15) is 5.01 Å². The van der Waals surface area contributed by atoms with Gasteiger partial charge in [-0.25, -0.2) is 4.98 Å². The summed E-state index contributed by atoms with van der Waals surface area (Å²) >= 11 is 1.64. The van der Waals surface area contributed by atoms with E-state index in [1.165, 1.54) is 0 Å². The zero-order chi connectivity index (χ0) is 17.5. The van der Waals surface area contributed by atoms with Gasteiger partial charge >= 0.3 is 0 Å². The highest BCUT2D eigenvalue weighted by atomic mass is 32.1. The van der Waals surface area contributed by atoms with Crippen LogP contribution in [0.4, 0.5) is 0 Å². The largest absolute Gasteiger partial charge is 0.351 e. The van der Waals surface area contributed by atoms with Crippen LogP contribution >= 0.6 is 11.3 Å². The van der Waals surface area contributed by atoms with Gasteiger partial charge in [-0.1, -0.05) is 41.6 Å². The molecule has 126 valence electrons. The number of nitrogens with one attached hydrogen (secondary N) is 1. The zero-order valence-electron chi connectivity index (χ0n) is 13.9. The molecule has 5 nitrogen and oxygen atoms in total. The summed E-state index contributed by atoms with van der Waals surface area (Å²) in [6.07, 6.45) is 0. The predicted octanol–water partition coefficient (Wildman–Crippen LogP) is 5.32. The SMILES string of the molecule is Cc1nc(-c2cccc(-c3noc(-c4cc5ccccc5[nH]4)n3)c2)cs1. The van der Waals surface area contributed by atoms with E-state index in [9.17, 15) is 0 Å². The normalized spacial score (nSPS) is 11.3. The maximum absolute atomic E-state index is 5.48. The fourth-order valence-corrected chi connectivity index (χ4v) is 3.57. The van der Waals surface area contributed by atoms with Crippen LogP contribution in [0.5, 0.6) is 0 Å². The molecule has 5 aromatic rings. The summed E-state index contributed by atoms with van der Waals surface area (Å²) in [7, 11) is 0. The van der Waals surface area contributed by atoms with Crippen molar-refractivity contribution in [2.24, 2.45) is 0 Å². The molecule has 0 unspecified atom stereocenters. The Hall–Kier alpha value is -3.25. The number of aromatic nitrogens is 4. The van der Waals surface area contributed by atoms with Crippen molar-refractivity contribution in [3.05, 3.63) is 65.0 Å². The lowest BCUT2D eigenvalue weighted by Crippen LogP contribution is -1.84. The van der Waals surface area contributed by atoms with Crippen LogP contribution < -0.4 is 0 Å². The van der Waals surface area contributed by atoms with E-state index in [1.807, 2.05) is 61.5 Å². The molecule has 0 fully saturated rings. The Bertz CT molecular complexity index is 1180. The number of fused-ring (bicyclic) bond motifs is 1. The Morgan fingerprint density at radius 2 is 1.85 bits per heavy atom. The standard InChI is InChI=1S/C20H14N4OS/c1-12-21-18(11-26-12)13-6-4-7-15(9-13)19-23-20(25-24-19)17-10-14-5-2-3-8-16(14)22-17/h2-11,22H,1H3. The molecule has 3 aromatic heterocycles. The number of benzene rings is 2. The minimum atomic E-state index is 0.478. The summed E-state index contributed by atoms with van der Waals surface area (Å²) in [6.45, 7) is 2.00. The van der Waals surface area contributed by atoms with Gasteiger partial charge in [0.25, 0.3) is 5.89 Å². The quantitative estimate of drug-likeness (QED) is 0.474. The number of hydrogen-bond donors (Lipinski definition) is 1. The van der Waals surface area contributed by atoms with E-state index >= 15 is 0 Å². The molecule has 0 saturated heterocycles. The van der Waals surface area contributed by atoms with Gasteiger partial charge in [0.1, 0.15) is 5.69 Å². The number of aromatic amines is 1. The van der Waals surface area contributed by atoms with Gasteiger partial charge in [-0.2, -0.15) is 4.98 Å². The Labute approximate surface area is 153 Å². The topological polar surface area (TPSA) is 67.6 Å². The van der Waals surface area contributed by atoms with E-state index in [-0.39, 0.29) is 0 Å². The van der Waals surface area contributed by atoms with E-state index in [0.29, 0.717) is 11.7 Å². The predicted molar refractivity (Wildman–Crippen MR) is 103 cm³/mol. The van der Waals surface area contributed by atoms with Crippen molar-refractivity contribution < 1.29 is 4.52 Å². The number of nitrogens with zero attached hydrogens (tertiary/aromatic N) is 3. The van der Waals surface area contributed by atoms with Crippen molar-refractivity contribution in [1.82, 2.24) is 20.1 Å². The third kappa shape index (κ3) is 2.60. The first-order valence-electron chi connectivity index (χ1n) is 8.21. The molecule has 5 rings (SSSR count). The molecule has 0 amide bonds. The van der Waals surface area contributed by atoms with Crippen LogP contribution in [-0.4, -0.2) is 20.1 Å². The van der Waals surface area contributed by atoms with E-state index in [1.54, 1.807) is 11.3 Å². The molecular formula is C20H14N4OS. The van der Waals surface area contributed by atoms with Gasteiger partial charge in [0.05, 0.1) is 10.7 Å². The number of rotatable bonds is 3. The molecule has 6 heteroatoms. The molecular weight excluding hydrogens is 344 g/mol. The summed E-state index contributed by atoms with van der Waals surface area (Å²) in [5, 5.41) is 8.37. The summed E-state index contributed by atoms with van der Waals surface area (Å²) < 4.78 is 5.48. The highest BCUT2D eigenvalue weighted by Gasteiger charge is 2.14. The average Bonchev–Trinajstić information content (AvgIpc) is 3.40. The number of thiazole rings is 1. The molecule has 1 N–H and O–H groups in total. The van der Waals surface area contributed by atoms with E-state index in [0.717, 1.165) is 38.4 Å². The average molecular weight is 358 g/mol. The van der Waals surface area contributed by atoms with Crippen molar-refractivity contribution in [3.63, 3.8) is 0 Å². The molecule has 0 radical (unpaired) electrons. The highest BCUT2D eigenvalue weighted by Crippen LogP contribution is 2.28. The van der Waals surface area contributed by atoms with Crippen LogP contribution in [0.3, 0.4) is 0 Å². The minimum absolute atomic E-state index is 0.478. The fourth-order valence-electron chi connectivity index (χ4n) is 2.95. The van der Waals surface area contributed by atoms with E-state index < -0.39 is 0 Å². The molecule has 0 atom stereocenters. The maximum Gasteiger partial charge on any atom is 0.274 e.